The van der Waals surface area contributed by atoms with Crippen molar-refractivity contribution in [2.24, 2.45) is 0 Å². The second-order valence-corrected chi connectivity index (χ2v) is 17.1. The van der Waals surface area contributed by atoms with Gasteiger partial charge in [0.2, 0.25) is 0 Å². The van der Waals surface area contributed by atoms with Gasteiger partial charge in [-0.25, -0.2) is 8.78 Å². The molecule has 230 valence electrons. The molecule has 2 atom stereocenters. The highest BCUT2D eigenvalue weighted by Gasteiger charge is 2.50. The predicted octanol–water partition coefficient (Wildman–Crippen LogP) is 7.08. The second kappa shape index (κ2) is 13.1. The van der Waals surface area contributed by atoms with Gasteiger partial charge < -0.3 is 14.1 Å². The Labute approximate surface area is 260 Å². The van der Waals surface area contributed by atoms with E-state index in [9.17, 15) is 4.79 Å². The van der Waals surface area contributed by atoms with E-state index in [1.54, 1.807) is 0 Å². The number of halogens is 2. The normalized spacial score (nSPS) is 17.5. The monoisotopic (exact) mass is 613 g/mol. The fraction of sp³-hybridized carbons (Fsp3) is 0.324. The van der Waals surface area contributed by atoms with Crippen LogP contribution in [0.15, 0.2) is 97.1 Å². The van der Waals surface area contributed by atoms with Crippen molar-refractivity contribution in [1.82, 2.24) is 0 Å². The molecular weight excluding hydrogens is 572 g/mol. The standard InChI is InChI=1S/C37H41F2NO3Si/c1-26-23-40(24-27(2)43-26)36-29(22-32(34(38)35(36)39)33(41)21-28-15-9-6-10-16-28)25-42-44(37(3,4)5,30-17-11-7-12-18-30)31-19-13-8-14-20-31/h6-20,22,26-27H,21,23-25H2,1-5H3. The Morgan fingerprint density at radius 3 is 1.84 bits per heavy atom. The molecule has 5 rings (SSSR count). The number of nitrogens with zero attached hydrogens (tertiary/aromatic N) is 1. The molecule has 44 heavy (non-hydrogen) atoms. The van der Waals surface area contributed by atoms with Gasteiger partial charge in [-0.3, -0.25) is 4.79 Å². The zero-order valence-corrected chi connectivity index (χ0v) is 27.1. The summed E-state index contributed by atoms with van der Waals surface area (Å²) in [6, 6.07) is 31.0. The molecule has 0 spiro atoms. The van der Waals surface area contributed by atoms with Crippen LogP contribution in [0.2, 0.25) is 5.04 Å². The molecule has 0 aliphatic carbocycles. The van der Waals surface area contributed by atoms with Crippen LogP contribution in [0, 0.1) is 11.6 Å². The highest BCUT2D eigenvalue weighted by atomic mass is 28.4. The average molecular weight is 614 g/mol. The fourth-order valence-electron chi connectivity index (χ4n) is 6.51. The Bertz CT molecular complexity index is 1530. The minimum atomic E-state index is -3.01. The third-order valence-corrected chi connectivity index (χ3v) is 13.3. The maximum Gasteiger partial charge on any atom is 0.261 e. The van der Waals surface area contributed by atoms with Crippen molar-refractivity contribution in [2.75, 3.05) is 18.0 Å². The summed E-state index contributed by atoms with van der Waals surface area (Å²) in [6.07, 6.45) is -0.380. The summed E-state index contributed by atoms with van der Waals surface area (Å²) in [4.78, 5) is 15.3. The summed E-state index contributed by atoms with van der Waals surface area (Å²) in [6.45, 7) is 11.2. The number of hydrogen-bond donors (Lipinski definition) is 0. The van der Waals surface area contributed by atoms with Gasteiger partial charge in [0.15, 0.2) is 17.4 Å². The van der Waals surface area contributed by atoms with E-state index in [1.807, 2.05) is 85.5 Å². The first-order chi connectivity index (χ1) is 21.0. The smallest absolute Gasteiger partial charge is 0.261 e. The first-order valence-electron chi connectivity index (χ1n) is 15.2. The van der Waals surface area contributed by atoms with E-state index in [4.69, 9.17) is 9.16 Å². The molecule has 1 saturated heterocycles. The molecular formula is C37H41F2NO3Si. The van der Waals surface area contributed by atoms with Gasteiger partial charge in [0.1, 0.15) is 0 Å². The quantitative estimate of drug-likeness (QED) is 0.149. The van der Waals surface area contributed by atoms with Crippen molar-refractivity contribution in [3.8, 4) is 0 Å². The van der Waals surface area contributed by atoms with Crippen LogP contribution in [-0.4, -0.2) is 39.4 Å². The number of benzene rings is 4. The maximum atomic E-state index is 16.3. The van der Waals surface area contributed by atoms with Crippen molar-refractivity contribution in [3.63, 3.8) is 0 Å². The Hall–Kier alpha value is -3.65. The third-order valence-electron chi connectivity index (χ3n) is 8.36. The number of carbonyl (C=O) groups excluding carboxylic acids is 1. The van der Waals surface area contributed by atoms with Gasteiger partial charge in [-0.2, -0.15) is 0 Å². The lowest BCUT2D eigenvalue weighted by Gasteiger charge is -2.43. The number of ether oxygens (including phenoxy) is 1. The summed E-state index contributed by atoms with van der Waals surface area (Å²) < 4.78 is 45.2. The van der Waals surface area contributed by atoms with E-state index in [0.717, 1.165) is 15.9 Å². The van der Waals surface area contributed by atoms with Crippen LogP contribution in [0.25, 0.3) is 0 Å². The maximum absolute atomic E-state index is 16.3. The molecule has 0 bridgehead atoms. The zero-order chi connectivity index (χ0) is 31.5. The van der Waals surface area contributed by atoms with E-state index in [0.29, 0.717) is 18.7 Å². The molecule has 4 nitrogen and oxygen atoms in total. The van der Waals surface area contributed by atoms with Crippen molar-refractivity contribution in [2.45, 2.75) is 64.9 Å². The van der Waals surface area contributed by atoms with Gasteiger partial charge >= 0.3 is 0 Å². The molecule has 0 saturated carbocycles. The Kier molecular flexibility index (Phi) is 9.49. The number of morpholine rings is 1. The summed E-state index contributed by atoms with van der Waals surface area (Å²) in [7, 11) is -3.01. The minimum Gasteiger partial charge on any atom is -0.403 e. The van der Waals surface area contributed by atoms with E-state index >= 15 is 8.78 Å². The first kappa shape index (κ1) is 31.8. The molecule has 4 aromatic carbocycles. The molecule has 1 aliphatic heterocycles. The molecule has 0 aromatic heterocycles. The van der Waals surface area contributed by atoms with Crippen molar-refractivity contribution in [3.05, 3.63) is 125 Å². The van der Waals surface area contributed by atoms with Gasteiger partial charge in [0.05, 0.1) is 30.1 Å². The van der Waals surface area contributed by atoms with E-state index in [-0.39, 0.29) is 41.5 Å². The summed E-state index contributed by atoms with van der Waals surface area (Å²) in [5.74, 6) is -2.62. The molecule has 0 radical (unpaired) electrons. The summed E-state index contributed by atoms with van der Waals surface area (Å²) in [5.41, 5.74) is 1.07. The molecule has 2 unspecified atom stereocenters. The van der Waals surface area contributed by atoms with Crippen molar-refractivity contribution < 1.29 is 22.7 Å². The number of rotatable bonds is 9. The minimum absolute atomic E-state index is 0.00551. The molecule has 1 aliphatic rings. The van der Waals surface area contributed by atoms with Crippen LogP contribution < -0.4 is 15.3 Å². The number of hydrogen-bond acceptors (Lipinski definition) is 4. The highest BCUT2D eigenvalue weighted by molar-refractivity contribution is 6.99. The van der Waals surface area contributed by atoms with Crippen LogP contribution in [0.4, 0.5) is 14.5 Å². The highest BCUT2D eigenvalue weighted by Crippen LogP contribution is 2.39. The SMILES string of the molecule is CC1CN(c2c(CO[Si](c3ccccc3)(c3ccccc3)C(C)(C)C)cc(C(=O)Cc3ccccc3)c(F)c2F)CC(C)O1. The third kappa shape index (κ3) is 6.41. The first-order valence-corrected chi connectivity index (χ1v) is 17.2. The van der Waals surface area contributed by atoms with Crippen molar-refractivity contribution in [1.29, 1.82) is 0 Å². The van der Waals surface area contributed by atoms with Crippen molar-refractivity contribution >= 4 is 30.2 Å². The van der Waals surface area contributed by atoms with Crippen LogP contribution in [0.3, 0.4) is 0 Å². The number of carbonyl (C=O) groups is 1. The van der Waals surface area contributed by atoms with E-state index < -0.39 is 25.7 Å². The number of anilines is 1. The van der Waals surface area contributed by atoms with Gasteiger partial charge in [-0.1, -0.05) is 112 Å². The summed E-state index contributed by atoms with van der Waals surface area (Å²) >= 11 is 0. The lowest BCUT2D eigenvalue weighted by molar-refractivity contribution is -0.00553. The Balaban J connectivity index is 1.64. The topological polar surface area (TPSA) is 38.8 Å². The number of Topliss-reactive ketones (excluding diaryl/α,β-unsaturated/α-hetero) is 1. The average Bonchev–Trinajstić information content (AvgIpc) is 2.99. The lowest BCUT2D eigenvalue weighted by Crippen LogP contribution is -2.66. The van der Waals surface area contributed by atoms with Crippen LogP contribution in [0.5, 0.6) is 0 Å². The summed E-state index contributed by atoms with van der Waals surface area (Å²) in [5, 5.41) is 1.84. The van der Waals surface area contributed by atoms with E-state index in [2.05, 4.69) is 45.0 Å². The van der Waals surface area contributed by atoms with Crippen LogP contribution in [-0.2, 0) is 22.2 Å². The van der Waals surface area contributed by atoms with Gasteiger partial charge in [0, 0.05) is 25.1 Å². The van der Waals surface area contributed by atoms with Crippen LogP contribution in [0.1, 0.15) is 56.1 Å². The van der Waals surface area contributed by atoms with Crippen LogP contribution >= 0.6 is 0 Å². The largest absolute Gasteiger partial charge is 0.403 e. The van der Waals surface area contributed by atoms with Gasteiger partial charge in [-0.05, 0) is 40.9 Å². The number of ketones is 1. The molecule has 0 N–H and O–H groups in total. The Morgan fingerprint density at radius 2 is 1.34 bits per heavy atom. The van der Waals surface area contributed by atoms with E-state index in [1.165, 1.54) is 6.07 Å². The predicted molar refractivity (Wildman–Crippen MR) is 175 cm³/mol. The second-order valence-electron chi connectivity index (χ2n) is 12.8. The molecule has 1 heterocycles. The zero-order valence-electron chi connectivity index (χ0n) is 26.1. The molecule has 7 heteroatoms. The molecule has 0 amide bonds. The lowest BCUT2D eigenvalue weighted by atomic mass is 9.98. The van der Waals surface area contributed by atoms with Gasteiger partial charge in [0.25, 0.3) is 8.32 Å². The fourth-order valence-corrected chi connectivity index (χ4v) is 11.0. The molecule has 4 aromatic rings. The Morgan fingerprint density at radius 1 is 0.841 bits per heavy atom. The van der Waals surface area contributed by atoms with Gasteiger partial charge in [-0.15, -0.1) is 0 Å². The molecule has 1 fully saturated rings.